The maximum Gasteiger partial charge on any atom is 0.317 e. The lowest BCUT2D eigenvalue weighted by Gasteiger charge is -1.99. The second kappa shape index (κ2) is 10.6. The number of rotatable bonds is 8. The zero-order valence-electron chi connectivity index (χ0n) is 8.43. The Morgan fingerprint density at radius 3 is 2.29 bits per heavy atom. The molecule has 0 aliphatic heterocycles. The molecular formula is C11H17BrO2. The molecule has 0 saturated carbocycles. The normalized spacial score (nSPS) is 9.43. The van der Waals surface area contributed by atoms with Gasteiger partial charge in [-0.2, -0.15) is 0 Å². The van der Waals surface area contributed by atoms with Crippen LogP contribution in [0.15, 0.2) is 0 Å². The van der Waals surface area contributed by atoms with E-state index >= 15 is 0 Å². The fourth-order valence-electron chi connectivity index (χ4n) is 1.24. The third-order valence-electron chi connectivity index (χ3n) is 2.04. The van der Waals surface area contributed by atoms with E-state index in [1.54, 1.807) is 0 Å². The van der Waals surface area contributed by atoms with Gasteiger partial charge in [0.2, 0.25) is 0 Å². The highest BCUT2D eigenvalue weighted by Gasteiger charge is 1.99. The summed E-state index contributed by atoms with van der Waals surface area (Å²) in [5.74, 6) is 2.44. The summed E-state index contributed by atoms with van der Waals surface area (Å²) in [5.41, 5.74) is 0. The van der Waals surface area contributed by atoms with Crippen LogP contribution in [0, 0.1) is 12.3 Å². The zero-order chi connectivity index (χ0) is 10.6. The highest BCUT2D eigenvalue weighted by atomic mass is 79.9. The minimum absolute atomic E-state index is 0.183. The molecule has 80 valence electrons. The van der Waals surface area contributed by atoms with Gasteiger partial charge >= 0.3 is 5.97 Å². The standard InChI is InChI=1S/C11H17BrO2/c1-2-3-4-5-6-7-8-9-10-11(13)14-12/h1H,3-10H2. The Hall–Kier alpha value is -0.490. The summed E-state index contributed by atoms with van der Waals surface area (Å²) < 4.78 is 4.36. The van der Waals surface area contributed by atoms with Gasteiger partial charge in [0, 0.05) is 12.8 Å². The van der Waals surface area contributed by atoms with Crippen molar-refractivity contribution in [1.82, 2.24) is 0 Å². The van der Waals surface area contributed by atoms with Crippen molar-refractivity contribution in [3.05, 3.63) is 0 Å². The van der Waals surface area contributed by atoms with Crippen molar-refractivity contribution in [2.45, 2.75) is 51.4 Å². The minimum atomic E-state index is -0.183. The third-order valence-corrected chi connectivity index (χ3v) is 2.40. The van der Waals surface area contributed by atoms with Gasteiger partial charge in [-0.05, 0) is 12.8 Å². The number of carbonyl (C=O) groups is 1. The molecule has 0 bridgehead atoms. The Bertz CT molecular complexity index is 184. The van der Waals surface area contributed by atoms with Crippen molar-refractivity contribution in [2.75, 3.05) is 0 Å². The van der Waals surface area contributed by atoms with Crippen LogP contribution in [0.4, 0.5) is 0 Å². The molecule has 0 radical (unpaired) electrons. The van der Waals surface area contributed by atoms with Crippen LogP contribution in [-0.2, 0) is 8.62 Å². The van der Waals surface area contributed by atoms with E-state index in [2.05, 4.69) is 26.0 Å². The lowest BCUT2D eigenvalue weighted by molar-refractivity contribution is -0.132. The summed E-state index contributed by atoms with van der Waals surface area (Å²) in [5, 5.41) is 0. The maximum atomic E-state index is 10.7. The summed E-state index contributed by atoms with van der Waals surface area (Å²) in [6, 6.07) is 0. The first-order chi connectivity index (χ1) is 6.81. The topological polar surface area (TPSA) is 26.3 Å². The molecule has 0 aromatic heterocycles. The Morgan fingerprint density at radius 2 is 1.71 bits per heavy atom. The van der Waals surface area contributed by atoms with Gasteiger partial charge in [0.25, 0.3) is 0 Å². The van der Waals surface area contributed by atoms with E-state index in [0.29, 0.717) is 6.42 Å². The molecule has 0 atom stereocenters. The van der Waals surface area contributed by atoms with Crippen molar-refractivity contribution in [3.8, 4) is 12.3 Å². The van der Waals surface area contributed by atoms with Crippen molar-refractivity contribution in [3.63, 3.8) is 0 Å². The quantitative estimate of drug-likeness (QED) is 0.493. The molecule has 0 saturated heterocycles. The highest BCUT2D eigenvalue weighted by Crippen LogP contribution is 2.09. The van der Waals surface area contributed by atoms with Gasteiger partial charge in [-0.15, -0.1) is 12.3 Å². The third kappa shape index (κ3) is 9.60. The second-order valence-corrected chi connectivity index (χ2v) is 3.60. The van der Waals surface area contributed by atoms with Crippen LogP contribution in [0.1, 0.15) is 51.4 Å². The molecule has 0 aromatic rings. The average molecular weight is 261 g/mol. The number of terminal acetylenes is 1. The molecule has 0 aliphatic rings. The van der Waals surface area contributed by atoms with E-state index in [-0.39, 0.29) is 5.97 Å². The van der Waals surface area contributed by atoms with Crippen molar-refractivity contribution < 1.29 is 8.62 Å². The molecule has 2 nitrogen and oxygen atoms in total. The fraction of sp³-hybridized carbons (Fsp3) is 0.727. The van der Waals surface area contributed by atoms with E-state index < -0.39 is 0 Å². The molecule has 0 amide bonds. The predicted octanol–water partition coefficient (Wildman–Crippen LogP) is 3.59. The summed E-state index contributed by atoms with van der Waals surface area (Å²) in [4.78, 5) is 10.7. The molecule has 0 heterocycles. The van der Waals surface area contributed by atoms with Crippen LogP contribution in [0.25, 0.3) is 0 Å². The number of hydrogen-bond donors (Lipinski definition) is 0. The van der Waals surface area contributed by atoms with Crippen molar-refractivity contribution >= 4 is 22.2 Å². The van der Waals surface area contributed by atoms with Gasteiger partial charge in [0.1, 0.15) is 0 Å². The molecule has 0 aromatic carbocycles. The number of carbonyl (C=O) groups excluding carboxylic acids is 1. The summed E-state index contributed by atoms with van der Waals surface area (Å²) in [7, 11) is 0. The Kier molecular flexibility index (Phi) is 10.2. The SMILES string of the molecule is C#CCCCCCCCCC(=O)OBr. The number of unbranched alkanes of at least 4 members (excludes halogenated alkanes) is 6. The largest absolute Gasteiger partial charge is 0.384 e. The van der Waals surface area contributed by atoms with Crippen LogP contribution < -0.4 is 0 Å². The first-order valence-corrected chi connectivity index (χ1v) is 5.71. The van der Waals surface area contributed by atoms with Crippen LogP contribution in [0.5, 0.6) is 0 Å². The lowest BCUT2D eigenvalue weighted by atomic mass is 10.1. The Labute approximate surface area is 94.9 Å². The van der Waals surface area contributed by atoms with Crippen molar-refractivity contribution in [2.24, 2.45) is 0 Å². The lowest BCUT2D eigenvalue weighted by Crippen LogP contribution is -1.95. The van der Waals surface area contributed by atoms with E-state index in [4.69, 9.17) is 6.42 Å². The average Bonchev–Trinajstić information content (AvgIpc) is 2.21. The smallest absolute Gasteiger partial charge is 0.317 e. The van der Waals surface area contributed by atoms with Crippen molar-refractivity contribution in [1.29, 1.82) is 0 Å². The van der Waals surface area contributed by atoms with E-state index in [0.717, 1.165) is 25.7 Å². The van der Waals surface area contributed by atoms with Crippen LogP contribution in [-0.4, -0.2) is 5.97 Å². The molecule has 0 rings (SSSR count). The number of halogens is 1. The van der Waals surface area contributed by atoms with Crippen LogP contribution in [0.2, 0.25) is 0 Å². The first kappa shape index (κ1) is 13.5. The van der Waals surface area contributed by atoms with Gasteiger partial charge in [0.15, 0.2) is 16.3 Å². The molecular weight excluding hydrogens is 244 g/mol. The Balaban J connectivity index is 3.00. The summed E-state index contributed by atoms with van der Waals surface area (Å²) in [6.07, 6.45) is 13.3. The van der Waals surface area contributed by atoms with E-state index in [1.165, 1.54) is 19.3 Å². The zero-order valence-corrected chi connectivity index (χ0v) is 10.0. The molecule has 0 unspecified atom stereocenters. The molecule has 3 heteroatoms. The van der Waals surface area contributed by atoms with Gasteiger partial charge in [-0.3, -0.25) is 4.79 Å². The van der Waals surface area contributed by atoms with Crippen LogP contribution >= 0.6 is 16.3 Å². The molecule has 0 spiro atoms. The van der Waals surface area contributed by atoms with Gasteiger partial charge in [-0.1, -0.05) is 25.7 Å². The highest BCUT2D eigenvalue weighted by molar-refractivity contribution is 9.06. The molecule has 14 heavy (non-hydrogen) atoms. The molecule has 0 fully saturated rings. The second-order valence-electron chi connectivity index (χ2n) is 3.27. The monoisotopic (exact) mass is 260 g/mol. The molecule has 0 N–H and O–H groups in total. The first-order valence-electron chi connectivity index (χ1n) is 5.06. The summed E-state index contributed by atoms with van der Waals surface area (Å²) in [6.45, 7) is 0. The van der Waals surface area contributed by atoms with Gasteiger partial charge < -0.3 is 3.83 Å². The van der Waals surface area contributed by atoms with E-state index in [9.17, 15) is 4.79 Å². The summed E-state index contributed by atoms with van der Waals surface area (Å²) >= 11 is 2.66. The predicted molar refractivity (Wildman–Crippen MR) is 60.8 cm³/mol. The number of hydrogen-bond acceptors (Lipinski definition) is 2. The van der Waals surface area contributed by atoms with Crippen LogP contribution in [0.3, 0.4) is 0 Å². The minimum Gasteiger partial charge on any atom is -0.384 e. The van der Waals surface area contributed by atoms with Gasteiger partial charge in [-0.25, -0.2) is 0 Å². The fourth-order valence-corrected chi connectivity index (χ4v) is 1.40. The maximum absolute atomic E-state index is 10.7. The Morgan fingerprint density at radius 1 is 1.14 bits per heavy atom. The van der Waals surface area contributed by atoms with Gasteiger partial charge in [0.05, 0.1) is 0 Å². The molecule has 0 aliphatic carbocycles. The van der Waals surface area contributed by atoms with E-state index in [1.807, 2.05) is 0 Å².